The molecule has 0 radical (unpaired) electrons. The van der Waals surface area contributed by atoms with Crippen molar-refractivity contribution in [3.8, 4) is 0 Å². The predicted molar refractivity (Wildman–Crippen MR) is 75.7 cm³/mol. The normalized spacial score (nSPS) is 27.1. The Morgan fingerprint density at radius 3 is 2.76 bits per heavy atom. The summed E-state index contributed by atoms with van der Waals surface area (Å²) in [6.45, 7) is 6.42. The smallest absolute Gasteiger partial charge is 0.144 e. The van der Waals surface area contributed by atoms with Crippen molar-refractivity contribution in [2.75, 3.05) is 5.75 Å². The molecule has 0 aromatic rings. The fraction of sp³-hybridized carbons (Fsp3) is 0.923. The number of hydrogen-bond donors (Lipinski definition) is 2. The van der Waals surface area contributed by atoms with Gasteiger partial charge in [-0.05, 0) is 30.9 Å². The molecular weight excluding hydrogens is 232 g/mol. The largest absolute Gasteiger partial charge is 0.409 e. The second kappa shape index (κ2) is 6.53. The van der Waals surface area contributed by atoms with Gasteiger partial charge in [0.1, 0.15) is 5.84 Å². The second-order valence-electron chi connectivity index (χ2n) is 5.88. The second-order valence-corrected chi connectivity index (χ2v) is 7.29. The lowest BCUT2D eigenvalue weighted by atomic mass is 9.89. The molecule has 1 fully saturated rings. The highest BCUT2D eigenvalue weighted by Gasteiger charge is 2.25. The zero-order valence-electron chi connectivity index (χ0n) is 11.3. The Kier molecular flexibility index (Phi) is 5.63. The molecule has 0 aromatic carbocycles. The van der Waals surface area contributed by atoms with E-state index in [4.69, 9.17) is 10.9 Å². The van der Waals surface area contributed by atoms with E-state index in [1.165, 1.54) is 25.7 Å². The van der Waals surface area contributed by atoms with Gasteiger partial charge in [-0.1, -0.05) is 38.8 Å². The maximum atomic E-state index is 8.71. The lowest BCUT2D eigenvalue weighted by Crippen LogP contribution is -2.32. The van der Waals surface area contributed by atoms with Crippen LogP contribution in [0.25, 0.3) is 0 Å². The van der Waals surface area contributed by atoms with E-state index in [1.54, 1.807) is 0 Å². The van der Waals surface area contributed by atoms with Gasteiger partial charge in [0.05, 0.1) is 0 Å². The lowest BCUT2D eigenvalue weighted by Gasteiger charge is -2.28. The van der Waals surface area contributed by atoms with Crippen molar-refractivity contribution in [3.63, 3.8) is 0 Å². The van der Waals surface area contributed by atoms with Crippen LogP contribution in [0.3, 0.4) is 0 Å². The third-order valence-corrected chi connectivity index (χ3v) is 5.11. The van der Waals surface area contributed by atoms with Crippen LogP contribution in [0, 0.1) is 11.3 Å². The number of nitrogens with two attached hydrogens (primary N) is 1. The van der Waals surface area contributed by atoms with E-state index in [2.05, 4.69) is 23.8 Å². The molecule has 1 saturated carbocycles. The number of nitrogens with zero attached hydrogens (tertiary/aromatic N) is 1. The zero-order chi connectivity index (χ0) is 12.9. The SMILES string of the molecule is CC1CCCC(SCCC(C)(C)C(N)=NO)C1. The number of hydrogen-bond acceptors (Lipinski definition) is 3. The third-order valence-electron chi connectivity index (χ3n) is 3.77. The summed E-state index contributed by atoms with van der Waals surface area (Å²) in [6.07, 6.45) is 6.46. The van der Waals surface area contributed by atoms with Gasteiger partial charge in [0.25, 0.3) is 0 Å². The summed E-state index contributed by atoms with van der Waals surface area (Å²) in [5.74, 6) is 2.33. The van der Waals surface area contributed by atoms with Gasteiger partial charge in [-0.2, -0.15) is 11.8 Å². The van der Waals surface area contributed by atoms with Crippen molar-refractivity contribution in [2.24, 2.45) is 22.2 Å². The molecule has 0 amide bonds. The maximum absolute atomic E-state index is 8.71. The minimum atomic E-state index is -0.192. The topological polar surface area (TPSA) is 58.6 Å². The molecule has 3 N–H and O–H groups in total. The summed E-state index contributed by atoms with van der Waals surface area (Å²) in [5, 5.41) is 12.7. The predicted octanol–water partition coefficient (Wildman–Crippen LogP) is 3.46. The quantitative estimate of drug-likeness (QED) is 0.343. The minimum Gasteiger partial charge on any atom is -0.409 e. The van der Waals surface area contributed by atoms with Gasteiger partial charge in [0.2, 0.25) is 0 Å². The van der Waals surface area contributed by atoms with E-state index in [9.17, 15) is 0 Å². The molecule has 100 valence electrons. The summed E-state index contributed by atoms with van der Waals surface area (Å²) >= 11 is 2.06. The van der Waals surface area contributed by atoms with Gasteiger partial charge < -0.3 is 10.9 Å². The van der Waals surface area contributed by atoms with Gasteiger partial charge >= 0.3 is 0 Å². The van der Waals surface area contributed by atoms with Crippen LogP contribution in [0.4, 0.5) is 0 Å². The van der Waals surface area contributed by atoms with Crippen molar-refractivity contribution < 1.29 is 5.21 Å². The molecule has 3 nitrogen and oxygen atoms in total. The van der Waals surface area contributed by atoms with Crippen molar-refractivity contribution in [3.05, 3.63) is 0 Å². The van der Waals surface area contributed by atoms with Crippen LogP contribution in [0.5, 0.6) is 0 Å². The fourth-order valence-electron chi connectivity index (χ4n) is 2.27. The molecule has 4 heteroatoms. The highest BCUT2D eigenvalue weighted by molar-refractivity contribution is 7.99. The van der Waals surface area contributed by atoms with Crippen LogP contribution < -0.4 is 5.73 Å². The number of thioether (sulfide) groups is 1. The summed E-state index contributed by atoms with van der Waals surface area (Å²) in [5.41, 5.74) is 5.49. The Bertz CT molecular complexity index is 266. The van der Waals surface area contributed by atoms with Gasteiger partial charge in [-0.25, -0.2) is 0 Å². The molecule has 0 aliphatic heterocycles. The van der Waals surface area contributed by atoms with Crippen molar-refractivity contribution >= 4 is 17.6 Å². The highest BCUT2D eigenvalue weighted by atomic mass is 32.2. The van der Waals surface area contributed by atoms with Gasteiger partial charge in [0.15, 0.2) is 0 Å². The van der Waals surface area contributed by atoms with E-state index < -0.39 is 0 Å². The number of rotatable bonds is 5. The van der Waals surface area contributed by atoms with Crippen molar-refractivity contribution in [2.45, 2.75) is 58.1 Å². The zero-order valence-corrected chi connectivity index (χ0v) is 12.1. The maximum Gasteiger partial charge on any atom is 0.144 e. The molecular formula is C13H26N2OS. The average Bonchev–Trinajstić information content (AvgIpc) is 2.27. The van der Waals surface area contributed by atoms with Crippen LogP contribution >= 0.6 is 11.8 Å². The summed E-state index contributed by atoms with van der Waals surface area (Å²) < 4.78 is 0. The third kappa shape index (κ3) is 4.78. The van der Waals surface area contributed by atoms with Crippen LogP contribution in [0.1, 0.15) is 52.9 Å². The molecule has 0 saturated heterocycles. The molecule has 0 bridgehead atoms. The molecule has 1 rings (SSSR count). The monoisotopic (exact) mass is 258 g/mol. The van der Waals surface area contributed by atoms with Gasteiger partial charge in [-0.15, -0.1) is 0 Å². The van der Waals surface area contributed by atoms with Gasteiger partial charge in [-0.3, -0.25) is 0 Å². The summed E-state index contributed by atoms with van der Waals surface area (Å²) in [7, 11) is 0. The van der Waals surface area contributed by atoms with E-state index >= 15 is 0 Å². The van der Waals surface area contributed by atoms with Crippen LogP contribution in [0.2, 0.25) is 0 Å². The number of oxime groups is 1. The standard InChI is InChI=1S/C13H26N2OS/c1-10-5-4-6-11(9-10)17-8-7-13(2,3)12(14)15-16/h10-11,16H,4-9H2,1-3H3,(H2,14,15). The van der Waals surface area contributed by atoms with Crippen molar-refractivity contribution in [1.29, 1.82) is 0 Å². The van der Waals surface area contributed by atoms with E-state index in [0.29, 0.717) is 5.84 Å². The van der Waals surface area contributed by atoms with E-state index in [1.807, 2.05) is 13.8 Å². The molecule has 0 aromatic heterocycles. The molecule has 1 aliphatic carbocycles. The molecule has 0 heterocycles. The first-order chi connectivity index (χ1) is 7.95. The molecule has 1 aliphatic rings. The lowest BCUT2D eigenvalue weighted by molar-refractivity contribution is 0.307. The van der Waals surface area contributed by atoms with Crippen LogP contribution in [-0.2, 0) is 0 Å². The van der Waals surface area contributed by atoms with E-state index in [0.717, 1.165) is 23.3 Å². The van der Waals surface area contributed by atoms with Crippen LogP contribution in [0.15, 0.2) is 5.16 Å². The fourth-order valence-corrected chi connectivity index (χ4v) is 4.03. The molecule has 17 heavy (non-hydrogen) atoms. The number of amidine groups is 1. The Balaban J connectivity index is 2.27. The summed E-state index contributed by atoms with van der Waals surface area (Å²) in [4.78, 5) is 0. The Morgan fingerprint density at radius 2 is 2.18 bits per heavy atom. The summed E-state index contributed by atoms with van der Waals surface area (Å²) in [6, 6.07) is 0. The first-order valence-corrected chi connectivity index (χ1v) is 7.60. The first kappa shape index (κ1) is 14.7. The van der Waals surface area contributed by atoms with E-state index in [-0.39, 0.29) is 5.41 Å². The Labute approximate surface area is 109 Å². The highest BCUT2D eigenvalue weighted by Crippen LogP contribution is 2.33. The average molecular weight is 258 g/mol. The molecule has 2 atom stereocenters. The Hall–Kier alpha value is -0.380. The minimum absolute atomic E-state index is 0.192. The molecule has 0 spiro atoms. The van der Waals surface area contributed by atoms with Crippen molar-refractivity contribution in [1.82, 2.24) is 0 Å². The Morgan fingerprint density at radius 1 is 1.47 bits per heavy atom. The molecule has 2 unspecified atom stereocenters. The van der Waals surface area contributed by atoms with Crippen LogP contribution in [-0.4, -0.2) is 22.0 Å². The first-order valence-electron chi connectivity index (χ1n) is 6.55. The van der Waals surface area contributed by atoms with Gasteiger partial charge in [0, 0.05) is 10.7 Å².